The molecule has 0 aliphatic carbocycles. The molecule has 0 spiro atoms. The highest BCUT2D eigenvalue weighted by molar-refractivity contribution is 9.10. The number of carbonyl (C=O) groups excluding carboxylic acids is 1. The summed E-state index contributed by atoms with van der Waals surface area (Å²) in [4.78, 5) is 14.6. The number of amides is 1. The lowest BCUT2D eigenvalue weighted by molar-refractivity contribution is 0.0786. The maximum absolute atomic E-state index is 12.7. The molecule has 0 bridgehead atoms. The van der Waals surface area contributed by atoms with Gasteiger partial charge in [-0.15, -0.1) is 0 Å². The van der Waals surface area contributed by atoms with Gasteiger partial charge in [0.2, 0.25) is 10.0 Å². The number of halogens is 1. The van der Waals surface area contributed by atoms with Gasteiger partial charge in [-0.05, 0) is 52.9 Å². The van der Waals surface area contributed by atoms with Gasteiger partial charge in [0.1, 0.15) is 0 Å². The van der Waals surface area contributed by atoms with Crippen LogP contribution < -0.4 is 0 Å². The van der Waals surface area contributed by atoms with Crippen molar-refractivity contribution in [3.63, 3.8) is 0 Å². The molecule has 1 aromatic carbocycles. The van der Waals surface area contributed by atoms with E-state index in [2.05, 4.69) is 22.9 Å². The van der Waals surface area contributed by atoms with Crippen molar-refractivity contribution >= 4 is 31.9 Å². The van der Waals surface area contributed by atoms with E-state index in [-0.39, 0.29) is 10.8 Å². The van der Waals surface area contributed by atoms with Gasteiger partial charge in [-0.2, -0.15) is 0 Å². The van der Waals surface area contributed by atoms with Crippen molar-refractivity contribution in [1.29, 1.82) is 0 Å². The van der Waals surface area contributed by atoms with Gasteiger partial charge in [0.15, 0.2) is 0 Å². The Morgan fingerprint density at radius 2 is 2.09 bits per heavy atom. The number of likely N-dealkylation sites (tertiary alicyclic amines) is 1. The van der Waals surface area contributed by atoms with E-state index in [9.17, 15) is 13.2 Å². The second kappa shape index (κ2) is 7.32. The third kappa shape index (κ3) is 3.95. The summed E-state index contributed by atoms with van der Waals surface area (Å²) in [6.45, 7) is 3.66. The molecule has 1 atom stereocenters. The first-order valence-electron chi connectivity index (χ1n) is 7.78. The number of carbonyl (C=O) groups is 1. The maximum atomic E-state index is 12.7. The molecular weight excluding hydrogens is 380 g/mol. The summed E-state index contributed by atoms with van der Waals surface area (Å²) in [7, 11) is -0.634. The summed E-state index contributed by atoms with van der Waals surface area (Å²) >= 11 is 3.27. The highest BCUT2D eigenvalue weighted by atomic mass is 79.9. The molecule has 0 radical (unpaired) electrons. The normalized spacial score (nSPS) is 18.7. The third-order valence-electron chi connectivity index (χ3n) is 4.21. The third-order valence-corrected chi connectivity index (χ3v) is 7.02. The van der Waals surface area contributed by atoms with Gasteiger partial charge in [0, 0.05) is 37.2 Å². The van der Waals surface area contributed by atoms with E-state index in [0.717, 1.165) is 36.7 Å². The number of nitrogens with zero attached hydrogens (tertiary/aromatic N) is 2. The quantitative estimate of drug-likeness (QED) is 0.760. The molecule has 1 aromatic rings. The lowest BCUT2D eigenvalue weighted by Crippen LogP contribution is -2.29. The molecule has 5 nitrogen and oxygen atoms in total. The highest BCUT2D eigenvalue weighted by Gasteiger charge is 2.28. The summed E-state index contributed by atoms with van der Waals surface area (Å²) in [6.07, 6.45) is 3.28. The highest BCUT2D eigenvalue weighted by Crippen LogP contribution is 2.27. The molecule has 7 heteroatoms. The predicted octanol–water partition coefficient (Wildman–Crippen LogP) is 2.96. The Labute approximate surface area is 146 Å². The fraction of sp³-hybridized carbons (Fsp3) is 0.562. The van der Waals surface area contributed by atoms with Gasteiger partial charge in [0.25, 0.3) is 5.91 Å². The number of hydrogen-bond donors (Lipinski definition) is 0. The van der Waals surface area contributed by atoms with Crippen molar-refractivity contribution < 1.29 is 13.2 Å². The molecule has 128 valence electrons. The zero-order valence-corrected chi connectivity index (χ0v) is 16.2. The molecule has 1 fully saturated rings. The van der Waals surface area contributed by atoms with E-state index < -0.39 is 10.0 Å². The molecular formula is C16H23BrN2O3S. The molecule has 0 aromatic heterocycles. The Kier molecular flexibility index (Phi) is 5.86. The van der Waals surface area contributed by atoms with Gasteiger partial charge < -0.3 is 4.90 Å². The topological polar surface area (TPSA) is 57.7 Å². The first-order valence-corrected chi connectivity index (χ1v) is 10.0. The van der Waals surface area contributed by atoms with E-state index in [1.165, 1.54) is 20.2 Å². The van der Waals surface area contributed by atoms with Gasteiger partial charge in [-0.1, -0.05) is 13.3 Å². The van der Waals surface area contributed by atoms with Crippen LogP contribution in [-0.2, 0) is 10.0 Å². The molecule has 1 aliphatic heterocycles. The fourth-order valence-electron chi connectivity index (χ4n) is 2.87. The van der Waals surface area contributed by atoms with Crippen LogP contribution in [0.15, 0.2) is 27.6 Å². The minimum absolute atomic E-state index is 0.0914. The number of hydrogen-bond acceptors (Lipinski definition) is 3. The van der Waals surface area contributed by atoms with Crippen LogP contribution in [0.2, 0.25) is 0 Å². The van der Waals surface area contributed by atoms with Crippen LogP contribution in [0.4, 0.5) is 0 Å². The molecule has 0 saturated carbocycles. The number of sulfonamides is 1. The number of benzene rings is 1. The van der Waals surface area contributed by atoms with Crippen molar-refractivity contribution in [2.45, 2.75) is 31.1 Å². The minimum atomic E-state index is -3.59. The zero-order chi connectivity index (χ0) is 17.2. The molecule has 2 rings (SSSR count). The largest absolute Gasteiger partial charge is 0.338 e. The standard InChI is InChI=1S/C16H23BrN2O3S/c1-4-5-12-8-9-19(11-12)16(20)13-6-7-14(17)15(10-13)23(21,22)18(2)3/h6-7,10,12H,4-5,8-9,11H2,1-3H3. The zero-order valence-electron chi connectivity index (χ0n) is 13.8. The van der Waals surface area contributed by atoms with Gasteiger partial charge in [-0.3, -0.25) is 4.79 Å². The van der Waals surface area contributed by atoms with E-state index in [1.807, 2.05) is 4.90 Å². The lowest BCUT2D eigenvalue weighted by atomic mass is 10.0. The SMILES string of the molecule is CCCC1CCN(C(=O)c2ccc(Br)c(S(=O)(=O)N(C)C)c2)C1. The molecule has 1 amide bonds. The minimum Gasteiger partial charge on any atom is -0.338 e. The van der Waals surface area contributed by atoms with Crippen LogP contribution in [0.3, 0.4) is 0 Å². The van der Waals surface area contributed by atoms with Crippen molar-refractivity contribution in [3.8, 4) is 0 Å². The lowest BCUT2D eigenvalue weighted by Gasteiger charge is -2.18. The predicted molar refractivity (Wildman–Crippen MR) is 93.9 cm³/mol. The molecule has 1 aliphatic rings. The Balaban J connectivity index is 2.26. The van der Waals surface area contributed by atoms with E-state index in [1.54, 1.807) is 12.1 Å². The summed E-state index contributed by atoms with van der Waals surface area (Å²) in [5.41, 5.74) is 0.422. The van der Waals surface area contributed by atoms with Gasteiger partial charge in [-0.25, -0.2) is 12.7 Å². The second-order valence-corrected chi connectivity index (χ2v) is 9.10. The molecule has 0 N–H and O–H groups in total. The van der Waals surface area contributed by atoms with E-state index in [0.29, 0.717) is 16.0 Å². The molecule has 1 heterocycles. The molecule has 1 unspecified atom stereocenters. The van der Waals surface area contributed by atoms with Crippen LogP contribution in [0.1, 0.15) is 36.5 Å². The smallest absolute Gasteiger partial charge is 0.253 e. The van der Waals surface area contributed by atoms with E-state index >= 15 is 0 Å². The Morgan fingerprint density at radius 3 is 2.70 bits per heavy atom. The van der Waals surface area contributed by atoms with Crippen LogP contribution in [-0.4, -0.2) is 50.7 Å². The Bertz CT molecular complexity index is 689. The van der Waals surface area contributed by atoms with Gasteiger partial charge in [0.05, 0.1) is 4.90 Å². The van der Waals surface area contributed by atoms with Crippen molar-refractivity contribution in [2.24, 2.45) is 5.92 Å². The van der Waals surface area contributed by atoms with Crippen molar-refractivity contribution in [2.75, 3.05) is 27.2 Å². The van der Waals surface area contributed by atoms with Crippen molar-refractivity contribution in [1.82, 2.24) is 9.21 Å². The summed E-state index contributed by atoms with van der Waals surface area (Å²) in [6, 6.07) is 4.77. The maximum Gasteiger partial charge on any atom is 0.253 e. The van der Waals surface area contributed by atoms with E-state index in [4.69, 9.17) is 0 Å². The Morgan fingerprint density at radius 1 is 1.39 bits per heavy atom. The monoisotopic (exact) mass is 402 g/mol. The summed E-state index contributed by atoms with van der Waals surface area (Å²) < 4.78 is 26.3. The second-order valence-electron chi connectivity index (χ2n) is 6.13. The first kappa shape index (κ1) is 18.4. The average Bonchev–Trinajstić information content (AvgIpc) is 2.95. The van der Waals surface area contributed by atoms with Crippen LogP contribution >= 0.6 is 15.9 Å². The first-order chi connectivity index (χ1) is 10.8. The van der Waals surface area contributed by atoms with Crippen molar-refractivity contribution in [3.05, 3.63) is 28.2 Å². The van der Waals surface area contributed by atoms with Crippen LogP contribution in [0.5, 0.6) is 0 Å². The Hall–Kier alpha value is -0.920. The van der Waals surface area contributed by atoms with Crippen LogP contribution in [0, 0.1) is 5.92 Å². The summed E-state index contributed by atoms with van der Waals surface area (Å²) in [5, 5.41) is 0. The fourth-order valence-corrected chi connectivity index (χ4v) is 4.72. The molecule has 23 heavy (non-hydrogen) atoms. The molecule has 1 saturated heterocycles. The van der Waals surface area contributed by atoms with Gasteiger partial charge >= 0.3 is 0 Å². The average molecular weight is 403 g/mol. The van der Waals surface area contributed by atoms with Crippen LogP contribution in [0.25, 0.3) is 0 Å². The number of rotatable bonds is 5. The summed E-state index contributed by atoms with van der Waals surface area (Å²) in [5.74, 6) is 0.468.